The van der Waals surface area contributed by atoms with Crippen LogP contribution in [0.15, 0.2) is 29.2 Å². The molecule has 0 atom stereocenters. The Kier molecular flexibility index (Phi) is 13.0. The number of carboxylic acid groups (broad SMARTS) is 1. The van der Waals surface area contributed by atoms with Gasteiger partial charge in [0, 0.05) is 30.4 Å². The molecule has 206 valence electrons. The largest absolute Gasteiger partial charge is 0.492 e. The number of nitrogens with one attached hydrogen (secondary N) is 1. The second kappa shape index (κ2) is 15.1. The van der Waals surface area contributed by atoms with Crippen LogP contribution in [0.3, 0.4) is 0 Å². The molecule has 10 heteroatoms. The predicted molar refractivity (Wildman–Crippen MR) is 145 cm³/mol. The highest BCUT2D eigenvalue weighted by Gasteiger charge is 2.21. The highest BCUT2D eigenvalue weighted by Crippen LogP contribution is 2.39. The topological polar surface area (TPSA) is 116 Å². The first-order valence-corrected chi connectivity index (χ1v) is 12.9. The summed E-state index contributed by atoms with van der Waals surface area (Å²) in [6, 6.07) is 4.54. The number of aromatic carboxylic acids is 1. The van der Waals surface area contributed by atoms with Crippen molar-refractivity contribution in [3.8, 4) is 22.8 Å². The lowest BCUT2D eigenvalue weighted by Gasteiger charge is -2.19. The molecule has 1 aromatic heterocycles. The standard InChI is InChI=1S/C22H25ClN2O7.C3H8.C2H6/c1-22(2,3)32-21(29)24-5-4-7-30-19-11-18-13(9-15(19)23)16-10-17(26)14(20(27)28)12-25(16)6-8-31-18;1-3-2;1-2/h9-12H,4-8H2,1-3H3,(H,24,29)(H,27,28);3H2,1-2H3;1-2H3. The van der Waals surface area contributed by atoms with Gasteiger partial charge in [-0.05, 0) is 33.3 Å². The van der Waals surface area contributed by atoms with Crippen molar-refractivity contribution in [1.29, 1.82) is 0 Å². The van der Waals surface area contributed by atoms with Crippen molar-refractivity contribution in [3.63, 3.8) is 0 Å². The number of rotatable bonds is 6. The van der Waals surface area contributed by atoms with Gasteiger partial charge in [0.25, 0.3) is 0 Å². The fourth-order valence-corrected chi connectivity index (χ4v) is 3.35. The number of alkyl carbamates (subject to hydrolysis) is 1. The summed E-state index contributed by atoms with van der Waals surface area (Å²) >= 11 is 6.39. The van der Waals surface area contributed by atoms with Crippen LogP contribution in [0.1, 0.15) is 71.7 Å². The third kappa shape index (κ3) is 9.99. The van der Waals surface area contributed by atoms with Crippen molar-refractivity contribution in [2.24, 2.45) is 0 Å². The number of hydrogen-bond acceptors (Lipinski definition) is 6. The van der Waals surface area contributed by atoms with Gasteiger partial charge in [-0.3, -0.25) is 4.79 Å². The van der Waals surface area contributed by atoms with Crippen molar-refractivity contribution in [3.05, 3.63) is 45.2 Å². The molecule has 0 unspecified atom stereocenters. The Bertz CT molecular complexity index is 1110. The normalized spacial score (nSPS) is 11.6. The predicted octanol–water partition coefficient (Wildman–Crippen LogP) is 6.00. The number of nitrogens with zero attached hydrogens (tertiary/aromatic N) is 1. The number of carboxylic acids is 1. The lowest BCUT2D eigenvalue weighted by Crippen LogP contribution is -2.33. The molecule has 1 aromatic carbocycles. The Balaban J connectivity index is 0.00000127. The van der Waals surface area contributed by atoms with E-state index in [0.29, 0.717) is 53.9 Å². The molecule has 9 nitrogen and oxygen atoms in total. The summed E-state index contributed by atoms with van der Waals surface area (Å²) in [6.45, 7) is 14.9. The maximum Gasteiger partial charge on any atom is 0.407 e. The fourth-order valence-electron chi connectivity index (χ4n) is 3.13. The molecule has 0 spiro atoms. The van der Waals surface area contributed by atoms with Crippen molar-refractivity contribution in [2.45, 2.75) is 73.5 Å². The third-order valence-electron chi connectivity index (χ3n) is 4.50. The van der Waals surface area contributed by atoms with Gasteiger partial charge in [0.1, 0.15) is 29.3 Å². The molecule has 0 aliphatic carbocycles. The quantitative estimate of drug-likeness (QED) is 0.433. The fraction of sp³-hybridized carbons (Fsp3) is 0.519. The number of ether oxygens (including phenoxy) is 3. The first-order chi connectivity index (χ1) is 17.5. The summed E-state index contributed by atoms with van der Waals surface area (Å²) in [4.78, 5) is 35.1. The summed E-state index contributed by atoms with van der Waals surface area (Å²) in [5.41, 5.74) is -0.369. The van der Waals surface area contributed by atoms with E-state index >= 15 is 0 Å². The second-order valence-electron chi connectivity index (χ2n) is 8.90. The number of amides is 1. The number of halogens is 1. The summed E-state index contributed by atoms with van der Waals surface area (Å²) in [5.74, 6) is -0.399. The minimum absolute atomic E-state index is 0.281. The number of carbonyl (C=O) groups excluding carboxylic acids is 1. The van der Waals surface area contributed by atoms with Crippen molar-refractivity contribution in [2.75, 3.05) is 19.8 Å². The molecule has 1 amide bonds. The van der Waals surface area contributed by atoms with Gasteiger partial charge in [0.15, 0.2) is 5.43 Å². The van der Waals surface area contributed by atoms with Gasteiger partial charge in [-0.25, -0.2) is 9.59 Å². The highest BCUT2D eigenvalue weighted by atomic mass is 35.5. The smallest absolute Gasteiger partial charge is 0.407 e. The Hall–Kier alpha value is -3.20. The average molecular weight is 539 g/mol. The number of aromatic nitrogens is 1. The first kappa shape index (κ1) is 31.8. The van der Waals surface area contributed by atoms with Gasteiger partial charge in [-0.15, -0.1) is 0 Å². The zero-order valence-electron chi connectivity index (χ0n) is 22.8. The van der Waals surface area contributed by atoms with E-state index in [1.807, 2.05) is 13.8 Å². The van der Waals surface area contributed by atoms with Crippen LogP contribution in [0.2, 0.25) is 5.02 Å². The van der Waals surface area contributed by atoms with Crippen LogP contribution < -0.4 is 20.2 Å². The van der Waals surface area contributed by atoms with Crippen LogP contribution >= 0.6 is 11.6 Å². The Labute approximate surface area is 223 Å². The third-order valence-corrected chi connectivity index (χ3v) is 4.80. The number of hydrogen-bond donors (Lipinski definition) is 2. The van der Waals surface area contributed by atoms with Crippen molar-refractivity contribution in [1.82, 2.24) is 9.88 Å². The minimum Gasteiger partial charge on any atom is -0.492 e. The Morgan fingerprint density at radius 2 is 1.84 bits per heavy atom. The number of fused-ring (bicyclic) bond motifs is 3. The van der Waals surface area contributed by atoms with Crippen molar-refractivity contribution >= 4 is 23.7 Å². The van der Waals surface area contributed by atoms with E-state index in [4.69, 9.17) is 25.8 Å². The Morgan fingerprint density at radius 1 is 1.19 bits per heavy atom. The van der Waals surface area contributed by atoms with Crippen LogP contribution in [0.5, 0.6) is 11.5 Å². The maximum absolute atomic E-state index is 12.2. The first-order valence-electron chi connectivity index (χ1n) is 12.5. The van der Waals surface area contributed by atoms with Gasteiger partial charge in [0.2, 0.25) is 0 Å². The number of benzene rings is 1. The van der Waals surface area contributed by atoms with Gasteiger partial charge in [0.05, 0.1) is 23.9 Å². The van der Waals surface area contributed by atoms with E-state index in [1.165, 1.54) is 18.7 Å². The van der Waals surface area contributed by atoms with Crippen LogP contribution in [0, 0.1) is 0 Å². The monoisotopic (exact) mass is 538 g/mol. The molecule has 0 fully saturated rings. The van der Waals surface area contributed by atoms with E-state index in [-0.39, 0.29) is 12.2 Å². The summed E-state index contributed by atoms with van der Waals surface area (Å²) < 4.78 is 18.4. The molecule has 1 aliphatic heterocycles. The summed E-state index contributed by atoms with van der Waals surface area (Å²) in [6.07, 6.45) is 2.60. The molecule has 2 heterocycles. The van der Waals surface area contributed by atoms with Gasteiger partial charge >= 0.3 is 12.1 Å². The molecule has 2 aromatic rings. The van der Waals surface area contributed by atoms with Gasteiger partial charge < -0.3 is 29.2 Å². The lowest BCUT2D eigenvalue weighted by atomic mass is 10.1. The van der Waals surface area contributed by atoms with Crippen LogP contribution in [0.4, 0.5) is 4.79 Å². The number of carbonyl (C=O) groups is 2. The van der Waals surface area contributed by atoms with E-state index in [9.17, 15) is 19.5 Å². The Morgan fingerprint density at radius 3 is 2.43 bits per heavy atom. The average Bonchev–Trinajstić information content (AvgIpc) is 2.97. The molecule has 0 saturated carbocycles. The van der Waals surface area contributed by atoms with Crippen LogP contribution in [-0.2, 0) is 11.3 Å². The number of pyridine rings is 1. The molecule has 0 bridgehead atoms. The molecule has 3 rings (SSSR count). The molecular weight excluding hydrogens is 500 g/mol. The second-order valence-corrected chi connectivity index (χ2v) is 9.31. The van der Waals surface area contributed by atoms with Crippen molar-refractivity contribution < 1.29 is 28.9 Å². The van der Waals surface area contributed by atoms with Crippen LogP contribution in [-0.4, -0.2) is 47.1 Å². The minimum atomic E-state index is -1.28. The molecular formula is C27H39ClN2O7. The molecule has 0 radical (unpaired) electrons. The van der Waals surface area contributed by atoms with E-state index in [1.54, 1.807) is 37.5 Å². The van der Waals surface area contributed by atoms with Crippen LogP contribution in [0.25, 0.3) is 11.3 Å². The summed E-state index contributed by atoms with van der Waals surface area (Å²) in [7, 11) is 0. The van der Waals surface area contributed by atoms with E-state index < -0.39 is 23.1 Å². The maximum atomic E-state index is 12.2. The van der Waals surface area contributed by atoms with E-state index in [0.717, 1.165) is 0 Å². The molecule has 1 aliphatic rings. The highest BCUT2D eigenvalue weighted by molar-refractivity contribution is 6.32. The SMILES string of the molecule is CC.CC(C)(C)OC(=O)NCCCOc1cc2c(cc1Cl)-c1cc(=O)c(C(=O)O)cn1CCO2.CCC. The molecule has 2 N–H and O–H groups in total. The van der Waals surface area contributed by atoms with Gasteiger partial charge in [-0.2, -0.15) is 0 Å². The van der Waals surface area contributed by atoms with Gasteiger partial charge in [-0.1, -0.05) is 45.7 Å². The molecule has 37 heavy (non-hydrogen) atoms. The zero-order valence-corrected chi connectivity index (χ0v) is 23.5. The van der Waals surface area contributed by atoms with E-state index in [2.05, 4.69) is 19.2 Å². The zero-order chi connectivity index (χ0) is 28.2. The lowest BCUT2D eigenvalue weighted by molar-refractivity contribution is 0.0524. The summed E-state index contributed by atoms with van der Waals surface area (Å²) in [5, 5.41) is 12.2. The molecule has 0 saturated heterocycles.